The van der Waals surface area contributed by atoms with Crippen LogP contribution in [0.2, 0.25) is 0 Å². The molecule has 0 unspecified atom stereocenters. The normalized spacial score (nSPS) is 11.1. The van der Waals surface area contributed by atoms with E-state index in [4.69, 9.17) is 15.2 Å². The minimum Gasteiger partial charge on any atom is -0.489 e. The molecule has 1 aromatic rings. The van der Waals surface area contributed by atoms with Crippen LogP contribution in [0, 0.1) is 0 Å². The zero-order valence-corrected chi connectivity index (χ0v) is 19.1. The third-order valence-electron chi connectivity index (χ3n) is 5.55. The molecule has 1 aromatic carbocycles. The summed E-state index contributed by atoms with van der Waals surface area (Å²) in [4.78, 5) is 0. The fourth-order valence-corrected chi connectivity index (χ4v) is 3.68. The van der Waals surface area contributed by atoms with E-state index in [9.17, 15) is 0 Å². The molecule has 3 heteroatoms. The van der Waals surface area contributed by atoms with Crippen LogP contribution in [-0.2, 0) is 4.74 Å². The molecule has 0 saturated carbocycles. The van der Waals surface area contributed by atoms with Gasteiger partial charge in [0, 0.05) is 6.61 Å². The third-order valence-corrected chi connectivity index (χ3v) is 5.55. The van der Waals surface area contributed by atoms with Gasteiger partial charge < -0.3 is 15.2 Å². The van der Waals surface area contributed by atoms with Gasteiger partial charge in [0.25, 0.3) is 0 Å². The summed E-state index contributed by atoms with van der Waals surface area (Å²) in [5, 5.41) is 0. The number of nitrogens with two attached hydrogens (primary N) is 1. The molecule has 0 aromatic heterocycles. The van der Waals surface area contributed by atoms with Crippen molar-refractivity contribution in [2.75, 3.05) is 25.6 Å². The number of hydrogen-bond donors (Lipinski definition) is 1. The third kappa shape index (κ3) is 16.3. The standard InChI is InChI=1S/C26H47NO2/c1-2-3-4-5-6-7-8-9-10-11-12-13-14-15-16-19-22-28-23-24-29-26-21-18-17-20-25(26)27/h17-18,20-21H,2-16,19,22-24,27H2,1H3. The molecular formula is C26H47NO2. The molecule has 0 heterocycles. The lowest BCUT2D eigenvalue weighted by atomic mass is 10.0. The van der Waals surface area contributed by atoms with Crippen molar-refractivity contribution >= 4 is 5.69 Å². The van der Waals surface area contributed by atoms with Crippen molar-refractivity contribution in [1.29, 1.82) is 0 Å². The smallest absolute Gasteiger partial charge is 0.142 e. The predicted octanol–water partition coefficient (Wildman–Crippen LogP) is 7.93. The molecule has 0 bridgehead atoms. The van der Waals surface area contributed by atoms with Crippen LogP contribution in [0.4, 0.5) is 5.69 Å². The molecule has 168 valence electrons. The molecule has 1 rings (SSSR count). The van der Waals surface area contributed by atoms with Gasteiger partial charge in [-0.3, -0.25) is 0 Å². The monoisotopic (exact) mass is 405 g/mol. The highest BCUT2D eigenvalue weighted by Gasteiger charge is 1.98. The molecule has 0 fully saturated rings. The van der Waals surface area contributed by atoms with Gasteiger partial charge in [0.05, 0.1) is 12.3 Å². The zero-order chi connectivity index (χ0) is 20.8. The number of anilines is 1. The number of hydrogen-bond acceptors (Lipinski definition) is 3. The van der Waals surface area contributed by atoms with Crippen LogP contribution < -0.4 is 10.5 Å². The van der Waals surface area contributed by atoms with Gasteiger partial charge in [0.2, 0.25) is 0 Å². The summed E-state index contributed by atoms with van der Waals surface area (Å²) in [7, 11) is 0. The van der Waals surface area contributed by atoms with Crippen LogP contribution in [0.5, 0.6) is 5.75 Å². The number of ether oxygens (including phenoxy) is 2. The summed E-state index contributed by atoms with van der Waals surface area (Å²) in [6.07, 6.45) is 22.4. The SMILES string of the molecule is CCCCCCCCCCCCCCCCCCOCCOc1ccccc1N. The van der Waals surface area contributed by atoms with E-state index in [1.165, 1.54) is 96.3 Å². The molecule has 3 nitrogen and oxygen atoms in total. The molecule has 0 aliphatic carbocycles. The number of unbranched alkanes of at least 4 members (excludes halogenated alkanes) is 15. The van der Waals surface area contributed by atoms with E-state index in [1.54, 1.807) is 0 Å². The van der Waals surface area contributed by atoms with E-state index in [-0.39, 0.29) is 0 Å². The van der Waals surface area contributed by atoms with Crippen molar-refractivity contribution in [3.63, 3.8) is 0 Å². The second-order valence-electron chi connectivity index (χ2n) is 8.30. The molecule has 2 N–H and O–H groups in total. The van der Waals surface area contributed by atoms with Crippen molar-refractivity contribution in [1.82, 2.24) is 0 Å². The van der Waals surface area contributed by atoms with Crippen molar-refractivity contribution in [3.8, 4) is 5.75 Å². The van der Waals surface area contributed by atoms with Gasteiger partial charge in [-0.15, -0.1) is 0 Å². The van der Waals surface area contributed by atoms with Gasteiger partial charge in [-0.25, -0.2) is 0 Å². The second kappa shape index (κ2) is 20.1. The molecule has 0 amide bonds. The fraction of sp³-hybridized carbons (Fsp3) is 0.769. The van der Waals surface area contributed by atoms with Crippen LogP contribution in [0.15, 0.2) is 24.3 Å². The zero-order valence-electron chi connectivity index (χ0n) is 19.1. The maximum atomic E-state index is 5.84. The van der Waals surface area contributed by atoms with Gasteiger partial charge in [0.15, 0.2) is 0 Å². The van der Waals surface area contributed by atoms with Crippen molar-refractivity contribution < 1.29 is 9.47 Å². The first-order valence-corrected chi connectivity index (χ1v) is 12.4. The van der Waals surface area contributed by atoms with E-state index in [0.29, 0.717) is 18.9 Å². The maximum Gasteiger partial charge on any atom is 0.142 e. The molecule has 0 atom stereocenters. The summed E-state index contributed by atoms with van der Waals surface area (Å²) < 4.78 is 11.3. The summed E-state index contributed by atoms with van der Waals surface area (Å²) in [6, 6.07) is 7.59. The Morgan fingerprint density at radius 1 is 0.586 bits per heavy atom. The van der Waals surface area contributed by atoms with Crippen LogP contribution in [0.25, 0.3) is 0 Å². The molecule has 0 spiro atoms. The molecule has 0 radical (unpaired) electrons. The van der Waals surface area contributed by atoms with Gasteiger partial charge in [-0.1, -0.05) is 115 Å². The Hall–Kier alpha value is -1.22. The second-order valence-corrected chi connectivity index (χ2v) is 8.30. The van der Waals surface area contributed by atoms with E-state index >= 15 is 0 Å². The number of benzene rings is 1. The first-order valence-electron chi connectivity index (χ1n) is 12.4. The van der Waals surface area contributed by atoms with Crippen molar-refractivity contribution in [2.24, 2.45) is 0 Å². The van der Waals surface area contributed by atoms with Crippen molar-refractivity contribution in [2.45, 2.75) is 110 Å². The van der Waals surface area contributed by atoms with Gasteiger partial charge >= 0.3 is 0 Å². The fourth-order valence-electron chi connectivity index (χ4n) is 3.68. The molecule has 29 heavy (non-hydrogen) atoms. The lowest BCUT2D eigenvalue weighted by Crippen LogP contribution is -2.08. The highest BCUT2D eigenvalue weighted by Crippen LogP contribution is 2.19. The van der Waals surface area contributed by atoms with Gasteiger partial charge in [-0.2, -0.15) is 0 Å². The van der Waals surface area contributed by atoms with Crippen LogP contribution in [0.1, 0.15) is 110 Å². The maximum absolute atomic E-state index is 5.84. The van der Waals surface area contributed by atoms with E-state index in [0.717, 1.165) is 18.8 Å². The topological polar surface area (TPSA) is 44.5 Å². The lowest BCUT2D eigenvalue weighted by Gasteiger charge is -2.09. The quantitative estimate of drug-likeness (QED) is 0.167. The molecule has 0 aliphatic rings. The van der Waals surface area contributed by atoms with Crippen LogP contribution in [0.3, 0.4) is 0 Å². The number of para-hydroxylation sites is 2. The summed E-state index contributed by atoms with van der Waals surface area (Å²) in [5.41, 5.74) is 6.53. The van der Waals surface area contributed by atoms with E-state index in [1.807, 2.05) is 24.3 Å². The lowest BCUT2D eigenvalue weighted by molar-refractivity contribution is 0.0973. The van der Waals surface area contributed by atoms with E-state index < -0.39 is 0 Å². The largest absolute Gasteiger partial charge is 0.489 e. The number of nitrogen functional groups attached to an aromatic ring is 1. The average Bonchev–Trinajstić information content (AvgIpc) is 2.73. The first kappa shape index (κ1) is 25.8. The molecule has 0 saturated heterocycles. The Balaban J connectivity index is 1.70. The van der Waals surface area contributed by atoms with Crippen LogP contribution in [-0.4, -0.2) is 19.8 Å². The predicted molar refractivity (Wildman–Crippen MR) is 127 cm³/mol. The van der Waals surface area contributed by atoms with Gasteiger partial charge in [0.1, 0.15) is 12.4 Å². The Labute approximate surface area is 180 Å². The first-order chi connectivity index (χ1) is 14.3. The number of rotatable bonds is 21. The van der Waals surface area contributed by atoms with E-state index in [2.05, 4.69) is 6.92 Å². The Kier molecular flexibility index (Phi) is 17.9. The molecular weight excluding hydrogens is 358 g/mol. The highest BCUT2D eigenvalue weighted by molar-refractivity contribution is 5.51. The Bertz CT molecular complexity index is 464. The van der Waals surface area contributed by atoms with Crippen LogP contribution >= 0.6 is 0 Å². The van der Waals surface area contributed by atoms with Gasteiger partial charge in [-0.05, 0) is 18.6 Å². The highest BCUT2D eigenvalue weighted by atomic mass is 16.5. The summed E-state index contributed by atoms with van der Waals surface area (Å²) >= 11 is 0. The summed E-state index contributed by atoms with van der Waals surface area (Å²) in [5.74, 6) is 0.749. The van der Waals surface area contributed by atoms with Crippen molar-refractivity contribution in [3.05, 3.63) is 24.3 Å². The average molecular weight is 406 g/mol. The Morgan fingerprint density at radius 2 is 1.07 bits per heavy atom. The summed E-state index contributed by atoms with van der Waals surface area (Å²) in [6.45, 7) is 4.32. The molecule has 0 aliphatic heterocycles. The minimum atomic E-state index is 0.563. The minimum absolute atomic E-state index is 0.563. The Morgan fingerprint density at radius 3 is 1.59 bits per heavy atom.